The molecule has 120 heavy (non-hydrogen) atoms. The third-order valence-corrected chi connectivity index (χ3v) is 19.6. The molecular weight excluding hydrogens is 1560 g/mol. The second-order valence-electron chi connectivity index (χ2n) is 30.2. The van der Waals surface area contributed by atoms with Crippen molar-refractivity contribution in [3.8, 4) is 5.75 Å². The van der Waals surface area contributed by atoms with Crippen molar-refractivity contribution >= 4 is 122 Å². The van der Waals surface area contributed by atoms with Crippen molar-refractivity contribution in [3.63, 3.8) is 0 Å². The van der Waals surface area contributed by atoms with Gasteiger partial charge in [0.15, 0.2) is 5.96 Å². The minimum absolute atomic E-state index is 0.00195. The molecule has 4 aromatic carbocycles. The lowest BCUT2D eigenvalue weighted by molar-refractivity contribution is -0.141. The number of para-hydroxylation sites is 2. The first-order valence-electron chi connectivity index (χ1n) is 39.1. The Morgan fingerprint density at radius 1 is 0.467 bits per heavy atom. The van der Waals surface area contributed by atoms with Crippen LogP contribution in [0.15, 0.2) is 121 Å². The zero-order valence-corrected chi connectivity index (χ0v) is 66.9. The number of carbonyl (C=O) groups is 16. The predicted molar refractivity (Wildman–Crippen MR) is 438 cm³/mol. The molecule has 29 N–H and O–H groups in total. The fourth-order valence-corrected chi connectivity index (χ4v) is 13.6. The molecule has 12 atom stereocenters. The Hall–Kier alpha value is -13.5. The van der Waals surface area contributed by atoms with Gasteiger partial charge in [0.1, 0.15) is 72.2 Å². The van der Waals surface area contributed by atoms with E-state index < -0.39 is 212 Å². The van der Waals surface area contributed by atoms with Gasteiger partial charge in [-0.15, -0.1) is 0 Å². The summed E-state index contributed by atoms with van der Waals surface area (Å²) in [5.41, 5.74) is 42.8. The maximum Gasteiger partial charge on any atom is 0.245 e. The summed E-state index contributed by atoms with van der Waals surface area (Å²) in [6.07, 6.45) is 0.0212. The number of aliphatic hydroxyl groups excluding tert-OH is 1. The molecular formula is C80H108N22O18. The van der Waals surface area contributed by atoms with Crippen LogP contribution in [0.25, 0.3) is 21.8 Å². The van der Waals surface area contributed by atoms with Crippen molar-refractivity contribution in [1.29, 1.82) is 0 Å². The Labute approximate surface area is 690 Å². The largest absolute Gasteiger partial charge is 0.508 e. The first-order chi connectivity index (χ1) is 57.0. The van der Waals surface area contributed by atoms with Gasteiger partial charge in [-0.3, -0.25) is 81.7 Å². The van der Waals surface area contributed by atoms with Crippen molar-refractivity contribution in [2.45, 2.75) is 184 Å². The van der Waals surface area contributed by atoms with Crippen LogP contribution in [0.4, 0.5) is 0 Å². The molecule has 1 fully saturated rings. The fraction of sp³-hybridized carbons (Fsp3) is 0.438. The summed E-state index contributed by atoms with van der Waals surface area (Å²) in [6.45, 7) is 5.41. The van der Waals surface area contributed by atoms with Crippen LogP contribution in [-0.4, -0.2) is 224 Å². The zero-order chi connectivity index (χ0) is 88.0. The highest BCUT2D eigenvalue weighted by atomic mass is 16.3. The molecule has 1 aliphatic heterocycles. The van der Waals surface area contributed by atoms with E-state index in [4.69, 9.17) is 40.1 Å². The number of likely N-dealkylation sites (tertiary alicyclic amines) is 1. The molecule has 0 spiro atoms. The second kappa shape index (κ2) is 45.3. The van der Waals surface area contributed by atoms with Crippen molar-refractivity contribution in [3.05, 3.63) is 138 Å². The van der Waals surface area contributed by atoms with Gasteiger partial charge in [-0.25, -0.2) is 0 Å². The number of rotatable bonds is 47. The van der Waals surface area contributed by atoms with Crippen LogP contribution in [0.2, 0.25) is 0 Å². The summed E-state index contributed by atoms with van der Waals surface area (Å²) in [7, 11) is 0. The second-order valence-corrected chi connectivity index (χ2v) is 30.2. The number of nitrogens with one attached hydrogen (secondary N) is 13. The number of hydrogen-bond donors (Lipinski definition) is 22. The number of hydrogen-bond acceptors (Lipinski definition) is 20. The maximum atomic E-state index is 14.9. The third-order valence-electron chi connectivity index (χ3n) is 19.6. The van der Waals surface area contributed by atoms with E-state index in [2.05, 4.69) is 73.4 Å². The van der Waals surface area contributed by atoms with E-state index in [-0.39, 0.29) is 80.7 Å². The molecule has 6 aromatic rings. The molecule has 16 amide bonds. The van der Waals surface area contributed by atoms with E-state index in [1.165, 1.54) is 35.4 Å². The molecule has 1 aliphatic rings. The Kier molecular flexibility index (Phi) is 35.3. The van der Waals surface area contributed by atoms with Crippen molar-refractivity contribution in [2.75, 3.05) is 26.2 Å². The molecule has 646 valence electrons. The number of aromatic nitrogens is 2. The fourth-order valence-electron chi connectivity index (χ4n) is 13.6. The minimum Gasteiger partial charge on any atom is -0.508 e. The predicted octanol–water partition coefficient (Wildman–Crippen LogP) is -4.84. The Morgan fingerprint density at radius 2 is 0.883 bits per heavy atom. The van der Waals surface area contributed by atoms with Crippen LogP contribution in [0.5, 0.6) is 5.75 Å². The van der Waals surface area contributed by atoms with Gasteiger partial charge in [0.2, 0.25) is 94.5 Å². The average molecular weight is 1670 g/mol. The monoisotopic (exact) mass is 1660 g/mol. The first-order valence-corrected chi connectivity index (χ1v) is 39.1. The number of amides is 16. The number of nitrogens with zero attached hydrogens (tertiary/aromatic N) is 2. The highest BCUT2D eigenvalue weighted by Gasteiger charge is 2.41. The third kappa shape index (κ3) is 29.0. The number of phenolic OH excluding ortho intramolecular Hbond substituents is 1. The molecule has 40 heteroatoms. The summed E-state index contributed by atoms with van der Waals surface area (Å²) >= 11 is 0. The van der Waals surface area contributed by atoms with Crippen LogP contribution in [0.3, 0.4) is 0 Å². The van der Waals surface area contributed by atoms with Crippen LogP contribution >= 0.6 is 0 Å². The number of carbonyl (C=O) groups excluding carboxylic acids is 16. The van der Waals surface area contributed by atoms with Crippen molar-refractivity contribution < 1.29 is 86.9 Å². The van der Waals surface area contributed by atoms with E-state index in [9.17, 15) is 86.9 Å². The Bertz CT molecular complexity index is 4680. The average Bonchev–Trinajstić information content (AvgIpc) is 1.67. The van der Waals surface area contributed by atoms with Gasteiger partial charge in [-0.2, -0.15) is 0 Å². The highest BCUT2D eigenvalue weighted by molar-refractivity contribution is 6.02. The van der Waals surface area contributed by atoms with Crippen LogP contribution in [0.1, 0.15) is 108 Å². The Morgan fingerprint density at radius 3 is 1.38 bits per heavy atom. The molecule has 2 aromatic heterocycles. The molecule has 1 saturated heterocycles. The Balaban J connectivity index is 1.09. The highest BCUT2D eigenvalue weighted by Crippen LogP contribution is 2.24. The van der Waals surface area contributed by atoms with E-state index >= 15 is 0 Å². The zero-order valence-electron chi connectivity index (χ0n) is 66.9. The molecule has 0 saturated carbocycles. The lowest BCUT2D eigenvalue weighted by Gasteiger charge is -2.29. The number of aromatic amines is 2. The molecule has 0 aliphatic carbocycles. The number of aliphatic hydroxyl groups is 1. The number of primary amides is 4. The van der Waals surface area contributed by atoms with Crippen molar-refractivity contribution in [1.82, 2.24) is 73.4 Å². The van der Waals surface area contributed by atoms with E-state index in [1.807, 2.05) is 13.8 Å². The van der Waals surface area contributed by atoms with Gasteiger partial charge in [0.25, 0.3) is 0 Å². The summed E-state index contributed by atoms with van der Waals surface area (Å²) in [6, 6.07) is 8.58. The quantitative estimate of drug-likeness (QED) is 0.00968. The maximum absolute atomic E-state index is 14.9. The molecule has 40 nitrogen and oxygen atoms in total. The number of benzene rings is 4. The molecule has 0 bridgehead atoms. The number of aromatic hydroxyl groups is 1. The lowest BCUT2D eigenvalue weighted by atomic mass is 10.0. The van der Waals surface area contributed by atoms with E-state index in [0.29, 0.717) is 51.3 Å². The van der Waals surface area contributed by atoms with Gasteiger partial charge in [0.05, 0.1) is 38.5 Å². The number of aliphatic imine (C=N–C) groups is 1. The number of phenols is 1. The van der Waals surface area contributed by atoms with E-state index in [1.54, 1.807) is 98.9 Å². The summed E-state index contributed by atoms with van der Waals surface area (Å²) in [5.74, 6) is -17.3. The lowest BCUT2D eigenvalue weighted by Crippen LogP contribution is -2.62. The minimum atomic E-state index is -2.04. The van der Waals surface area contributed by atoms with Crippen molar-refractivity contribution in [2.24, 2.45) is 57.0 Å². The molecule has 7 rings (SSSR count). The van der Waals surface area contributed by atoms with Gasteiger partial charge >= 0.3 is 0 Å². The summed E-state index contributed by atoms with van der Waals surface area (Å²) < 4.78 is 0. The SMILES string of the molecule is CC(C)C[C@H](NC(=O)CNC(=O)[C@H](Cc1c[nH]c2ccccc12)NC(=O)[C@H](CO)NC(=O)[C@H](CC(N)=O)NC(=O)[C@H](Cc1c[nH]c2ccccc12)NC(=O)[C@H](CC(N)=O)NC(=O)[C@H](Cc1ccc(O)cc1)NC(=O)[C@H](CC(N)=O)NC(=O)[C@@H]1CCCN1C(=O)[C@@H](N)CC(C)C)C(=O)N[C@@H](CCCN=C(N)N)C(=O)N[C@@H](Cc1ccccc1)C(N)=O. The van der Waals surface area contributed by atoms with Gasteiger partial charge in [-0.1, -0.05) is 107 Å². The summed E-state index contributed by atoms with van der Waals surface area (Å²) in [4.78, 5) is 234. The van der Waals surface area contributed by atoms with Gasteiger partial charge in [-0.05, 0) is 96.9 Å². The molecule has 0 unspecified atom stereocenters. The number of H-pyrrole nitrogens is 2. The van der Waals surface area contributed by atoms with Crippen LogP contribution < -0.4 is 98.6 Å². The van der Waals surface area contributed by atoms with Gasteiger partial charge < -0.3 is 124 Å². The topological polar surface area (TPSA) is 675 Å². The van der Waals surface area contributed by atoms with Crippen LogP contribution in [0, 0.1) is 11.8 Å². The smallest absolute Gasteiger partial charge is 0.245 e. The normalized spacial score (nSPS) is 15.2. The standard InChI is InChI=1S/C80H108N22O18/c1-41(2)28-50(81)79(120)102-27-13-21-63(102)78(119)100-61(36-66(84)107)75(116)95-56(31-44-22-24-47(104)25-23-44)72(113)98-59(34-64(82)105)74(115)97-58(33-46-38-90-52-19-11-9-17-49(46)52)73(114)99-60(35-65(83)106)76(117)101-62(40-103)77(118)96-57(32-45-37-89-51-18-10-8-16-48(45)51)69(110)91-39-67(108)92-55(29-42(3)4)71(112)93-53(20-12-26-88-80(86)87)70(111)94-54(68(85)109)30-43-14-6-5-7-15-43/h5-11,14-19,22-25,37-38,41-42,50,53-63,89-90,103-104H,12-13,20-21,26-36,39-40,81H2,1-4H3,(H2,82,105)(H2,83,106)(H2,84,107)(H2,85,109)(H,91,110)(H,92,108)(H,93,112)(H,94,111)(H,95,116)(H,96,118)(H,97,115)(H,98,113)(H,99,114)(H,100,119)(H,101,117)(H4,86,87,88)/t50-,53-,54-,55-,56-,57-,58-,59-,60-,61-,62-,63-/m0/s1. The number of nitrogens with two attached hydrogens (primary N) is 7. The first kappa shape index (κ1) is 93.6. The van der Waals surface area contributed by atoms with Crippen LogP contribution in [-0.2, 0) is 102 Å². The van der Waals surface area contributed by atoms with E-state index in [0.717, 1.165) is 0 Å². The summed E-state index contributed by atoms with van der Waals surface area (Å²) in [5, 5.41) is 49.3. The number of fused-ring (bicyclic) bond motifs is 2. The molecule has 3 heterocycles. The van der Waals surface area contributed by atoms with Gasteiger partial charge in [0, 0.05) is 73.0 Å². The molecule has 0 radical (unpaired) electrons. The number of guanidine groups is 1.